The second kappa shape index (κ2) is 11.2. The quantitative estimate of drug-likeness (QED) is 0.352. The van der Waals surface area contributed by atoms with E-state index in [0.717, 1.165) is 32.0 Å². The SMILES string of the molecule is CC(C)[C@H](NC(=O)OC(C)(C)C)C(=O)Oc1cc(F)ccc1C=C1SC(N2CCCCN2)=NC1=O. The molecule has 11 heteroatoms. The second-order valence-electron chi connectivity index (χ2n) is 9.55. The number of esters is 1. The zero-order valence-corrected chi connectivity index (χ0v) is 21.3. The van der Waals surface area contributed by atoms with E-state index >= 15 is 0 Å². The molecule has 2 aliphatic rings. The monoisotopic (exact) mass is 506 g/mol. The van der Waals surface area contributed by atoms with Gasteiger partial charge in [-0.3, -0.25) is 9.80 Å². The minimum absolute atomic E-state index is 0.0721. The number of benzene rings is 1. The van der Waals surface area contributed by atoms with E-state index in [1.807, 2.05) is 5.01 Å². The van der Waals surface area contributed by atoms with E-state index in [1.165, 1.54) is 30.0 Å². The average molecular weight is 507 g/mol. The van der Waals surface area contributed by atoms with Gasteiger partial charge < -0.3 is 14.8 Å². The molecule has 1 aromatic rings. The standard InChI is InChI=1S/C24H31FN4O5S/c1-14(2)19(27-23(32)34-24(3,4)5)21(31)33-17-13-16(25)9-8-15(17)12-18-20(30)28-22(35-18)29-11-7-6-10-26-29/h8-9,12-14,19,26H,6-7,10-11H2,1-5H3,(H,27,32)/t19-/m0/s1. The summed E-state index contributed by atoms with van der Waals surface area (Å²) in [4.78, 5) is 42.1. The van der Waals surface area contributed by atoms with Gasteiger partial charge in [0.05, 0.1) is 4.91 Å². The lowest BCUT2D eigenvalue weighted by molar-refractivity contribution is -0.138. The molecule has 2 heterocycles. The van der Waals surface area contributed by atoms with Crippen LogP contribution in [-0.2, 0) is 14.3 Å². The maximum atomic E-state index is 14.0. The molecule has 9 nitrogen and oxygen atoms in total. The molecule has 190 valence electrons. The Labute approximate surface area is 208 Å². The molecule has 1 saturated heterocycles. The molecule has 2 aliphatic heterocycles. The van der Waals surface area contributed by atoms with Crippen LogP contribution in [-0.4, -0.2) is 52.9 Å². The first-order chi connectivity index (χ1) is 16.4. The summed E-state index contributed by atoms with van der Waals surface area (Å²) in [6.07, 6.45) is 2.79. The van der Waals surface area contributed by atoms with Gasteiger partial charge in [0.2, 0.25) is 0 Å². The fourth-order valence-corrected chi connectivity index (χ4v) is 4.24. The first kappa shape index (κ1) is 26.7. The van der Waals surface area contributed by atoms with Gasteiger partial charge in [-0.15, -0.1) is 0 Å². The largest absolute Gasteiger partial charge is 0.444 e. The number of thioether (sulfide) groups is 1. The second-order valence-corrected chi connectivity index (χ2v) is 10.6. The van der Waals surface area contributed by atoms with E-state index in [1.54, 1.807) is 34.6 Å². The minimum atomic E-state index is -1.03. The van der Waals surface area contributed by atoms with E-state index in [4.69, 9.17) is 9.47 Å². The summed E-state index contributed by atoms with van der Waals surface area (Å²) < 4.78 is 24.8. The average Bonchev–Trinajstić information content (AvgIpc) is 3.13. The zero-order valence-electron chi connectivity index (χ0n) is 20.5. The van der Waals surface area contributed by atoms with Crippen LogP contribution < -0.4 is 15.5 Å². The highest BCUT2D eigenvalue weighted by Crippen LogP contribution is 2.33. The Hall–Kier alpha value is -2.92. The number of halogens is 1. The Morgan fingerprint density at radius 3 is 2.66 bits per heavy atom. The van der Waals surface area contributed by atoms with Crippen LogP contribution in [0.25, 0.3) is 6.08 Å². The number of nitrogens with zero attached hydrogens (tertiary/aromatic N) is 2. The van der Waals surface area contributed by atoms with Gasteiger partial charge in [-0.05, 0) is 69.5 Å². The summed E-state index contributed by atoms with van der Waals surface area (Å²) in [5, 5.41) is 4.90. The van der Waals surface area contributed by atoms with E-state index in [9.17, 15) is 18.8 Å². The van der Waals surface area contributed by atoms with E-state index in [2.05, 4.69) is 15.7 Å². The molecule has 0 bridgehead atoms. The number of hydrogen-bond donors (Lipinski definition) is 2. The van der Waals surface area contributed by atoms with Crippen molar-refractivity contribution in [3.8, 4) is 5.75 Å². The van der Waals surface area contributed by atoms with Gasteiger partial charge >= 0.3 is 12.1 Å². The number of amides is 2. The number of hydrogen-bond acceptors (Lipinski definition) is 8. The van der Waals surface area contributed by atoms with Gasteiger partial charge in [0.1, 0.15) is 23.2 Å². The predicted octanol–water partition coefficient (Wildman–Crippen LogP) is 3.85. The number of carbonyl (C=O) groups is 3. The molecule has 0 aromatic heterocycles. The molecule has 0 radical (unpaired) electrons. The molecule has 35 heavy (non-hydrogen) atoms. The third-order valence-electron chi connectivity index (χ3n) is 5.02. The molecule has 0 unspecified atom stereocenters. The smallest absolute Gasteiger partial charge is 0.408 e. The maximum absolute atomic E-state index is 14.0. The van der Waals surface area contributed by atoms with Gasteiger partial charge in [0.15, 0.2) is 5.17 Å². The lowest BCUT2D eigenvalue weighted by Crippen LogP contribution is -2.48. The number of ether oxygens (including phenoxy) is 2. The summed E-state index contributed by atoms with van der Waals surface area (Å²) in [6, 6.07) is 2.66. The highest BCUT2D eigenvalue weighted by molar-refractivity contribution is 8.18. The summed E-state index contributed by atoms with van der Waals surface area (Å²) in [7, 11) is 0. The van der Waals surface area contributed by atoms with Gasteiger partial charge in [-0.1, -0.05) is 13.8 Å². The number of hydrazine groups is 1. The number of nitrogens with one attached hydrogen (secondary N) is 2. The number of alkyl carbamates (subject to hydrolysis) is 1. The normalized spacial score (nSPS) is 18.5. The summed E-state index contributed by atoms with van der Waals surface area (Å²) >= 11 is 1.19. The number of rotatable bonds is 5. The minimum Gasteiger partial charge on any atom is -0.444 e. The topological polar surface area (TPSA) is 109 Å². The van der Waals surface area contributed by atoms with Crippen LogP contribution in [0, 0.1) is 11.7 Å². The van der Waals surface area contributed by atoms with E-state index in [0.29, 0.717) is 15.6 Å². The Kier molecular flexibility index (Phi) is 8.55. The molecule has 0 saturated carbocycles. The van der Waals surface area contributed by atoms with Crippen molar-refractivity contribution < 1.29 is 28.2 Å². The van der Waals surface area contributed by atoms with Crippen molar-refractivity contribution in [2.24, 2.45) is 10.9 Å². The highest BCUT2D eigenvalue weighted by atomic mass is 32.2. The number of aliphatic imine (C=N–C) groups is 1. The summed E-state index contributed by atoms with van der Waals surface area (Å²) in [5.41, 5.74) is 2.79. The molecular weight excluding hydrogens is 475 g/mol. The van der Waals surface area contributed by atoms with Crippen molar-refractivity contribution in [2.75, 3.05) is 13.1 Å². The molecule has 3 rings (SSSR count). The predicted molar refractivity (Wildman–Crippen MR) is 132 cm³/mol. The van der Waals surface area contributed by atoms with Crippen LogP contribution in [0.4, 0.5) is 9.18 Å². The van der Waals surface area contributed by atoms with Crippen molar-refractivity contribution in [2.45, 2.75) is 59.1 Å². The van der Waals surface area contributed by atoms with Crippen molar-refractivity contribution in [3.05, 3.63) is 34.5 Å². The van der Waals surface area contributed by atoms with Gasteiger partial charge in [-0.25, -0.2) is 19.4 Å². The third kappa shape index (κ3) is 7.53. The first-order valence-electron chi connectivity index (χ1n) is 11.5. The molecule has 2 amide bonds. The Balaban J connectivity index is 1.77. The van der Waals surface area contributed by atoms with Gasteiger partial charge in [-0.2, -0.15) is 4.99 Å². The molecule has 1 aromatic carbocycles. The highest BCUT2D eigenvalue weighted by Gasteiger charge is 2.30. The van der Waals surface area contributed by atoms with E-state index < -0.39 is 35.4 Å². The number of amidine groups is 1. The molecule has 0 aliphatic carbocycles. The summed E-state index contributed by atoms with van der Waals surface area (Å²) in [6.45, 7) is 10.1. The van der Waals surface area contributed by atoms with Crippen LogP contribution in [0.2, 0.25) is 0 Å². The van der Waals surface area contributed by atoms with Crippen LogP contribution in [0.3, 0.4) is 0 Å². The molecule has 1 atom stereocenters. The van der Waals surface area contributed by atoms with E-state index in [-0.39, 0.29) is 11.7 Å². The van der Waals surface area contributed by atoms with Gasteiger partial charge in [0.25, 0.3) is 5.91 Å². The third-order valence-corrected chi connectivity index (χ3v) is 6.02. The summed E-state index contributed by atoms with van der Waals surface area (Å²) in [5.74, 6) is -2.22. The molecule has 1 fully saturated rings. The Morgan fingerprint density at radius 2 is 2.03 bits per heavy atom. The molecule has 0 spiro atoms. The lowest BCUT2D eigenvalue weighted by atomic mass is 10.0. The lowest BCUT2D eigenvalue weighted by Gasteiger charge is -2.28. The van der Waals surface area contributed by atoms with Crippen LogP contribution >= 0.6 is 11.8 Å². The first-order valence-corrected chi connectivity index (χ1v) is 12.3. The molecule has 2 N–H and O–H groups in total. The zero-order chi connectivity index (χ0) is 25.8. The van der Waals surface area contributed by atoms with Crippen LogP contribution in [0.15, 0.2) is 28.1 Å². The van der Waals surface area contributed by atoms with Crippen molar-refractivity contribution >= 4 is 41.0 Å². The van der Waals surface area contributed by atoms with Crippen molar-refractivity contribution in [3.63, 3.8) is 0 Å². The van der Waals surface area contributed by atoms with Crippen molar-refractivity contribution in [1.29, 1.82) is 0 Å². The fraction of sp³-hybridized carbons (Fsp3) is 0.500. The van der Waals surface area contributed by atoms with Crippen molar-refractivity contribution in [1.82, 2.24) is 15.8 Å². The van der Waals surface area contributed by atoms with Crippen LogP contribution in [0.5, 0.6) is 5.75 Å². The van der Waals surface area contributed by atoms with Gasteiger partial charge in [0, 0.05) is 24.7 Å². The maximum Gasteiger partial charge on any atom is 0.408 e. The Morgan fingerprint density at radius 1 is 1.29 bits per heavy atom. The van der Waals surface area contributed by atoms with Crippen LogP contribution in [0.1, 0.15) is 53.0 Å². The number of carbonyl (C=O) groups excluding carboxylic acids is 3. The fourth-order valence-electron chi connectivity index (χ4n) is 3.33. The molecular formula is C24H31FN4O5S. The Bertz CT molecular complexity index is 1040.